The molecule has 0 aromatic heterocycles. The van der Waals surface area contributed by atoms with Gasteiger partial charge in [0.05, 0.1) is 17.1 Å². The van der Waals surface area contributed by atoms with E-state index in [-0.39, 0.29) is 49.3 Å². The molecule has 12 nitrogen and oxygen atoms in total. The minimum atomic E-state index is -5.08. The summed E-state index contributed by atoms with van der Waals surface area (Å²) in [7, 11) is 0. The Morgan fingerprint density at radius 1 is 1.07 bits per heavy atom. The van der Waals surface area contributed by atoms with Crippen LogP contribution in [0.5, 0.6) is 11.5 Å². The van der Waals surface area contributed by atoms with E-state index < -0.39 is 52.4 Å². The largest absolute Gasteiger partial charge is 0.491 e. The fourth-order valence-corrected chi connectivity index (χ4v) is 4.67. The van der Waals surface area contributed by atoms with E-state index in [1.807, 2.05) is 13.8 Å². The second-order valence-corrected chi connectivity index (χ2v) is 10.5. The summed E-state index contributed by atoms with van der Waals surface area (Å²) in [6.45, 7) is 6.21. The Morgan fingerprint density at radius 3 is 2.30 bits per heavy atom. The van der Waals surface area contributed by atoms with Gasteiger partial charge in [-0.25, -0.2) is 4.79 Å². The summed E-state index contributed by atoms with van der Waals surface area (Å²) in [6, 6.07) is 11.3. The molecule has 2 aromatic carbocycles. The Kier molecular flexibility index (Phi) is 12.7. The van der Waals surface area contributed by atoms with Gasteiger partial charge in [-0.2, -0.15) is 13.2 Å². The van der Waals surface area contributed by atoms with Crippen LogP contribution in [0.1, 0.15) is 39.2 Å². The van der Waals surface area contributed by atoms with Gasteiger partial charge in [-0.15, -0.1) is 0 Å². The number of hydrogen-bond donors (Lipinski definition) is 2. The lowest BCUT2D eigenvalue weighted by Gasteiger charge is -2.33. The maximum Gasteiger partial charge on any atom is 0.430 e. The average molecular weight is 652 g/mol. The van der Waals surface area contributed by atoms with E-state index in [9.17, 15) is 38.0 Å². The predicted molar refractivity (Wildman–Crippen MR) is 160 cm³/mol. The minimum absolute atomic E-state index is 0.0774. The highest BCUT2D eigenvalue weighted by Gasteiger charge is 2.53. The summed E-state index contributed by atoms with van der Waals surface area (Å²) in [6.07, 6.45) is -5.78. The number of benzene rings is 2. The SMILES string of the molecule is CCOC(=O)C1C(C(F)(F)F)=NC(C)=C(C(=O)OCCOc2ccc(OCC(O)CNC(C)C)cc2)C1c1cccc([N+](=O)[O-])c1. The number of carbonyl (C=O) groups excluding carboxylic acids is 2. The van der Waals surface area contributed by atoms with Crippen LogP contribution in [0.3, 0.4) is 0 Å². The van der Waals surface area contributed by atoms with Gasteiger partial charge < -0.3 is 29.4 Å². The molecule has 0 aliphatic carbocycles. The number of allylic oxidation sites excluding steroid dienone is 1. The van der Waals surface area contributed by atoms with Gasteiger partial charge in [0.2, 0.25) is 0 Å². The zero-order chi connectivity index (χ0) is 34.0. The van der Waals surface area contributed by atoms with E-state index in [0.29, 0.717) is 18.0 Å². The molecule has 0 bridgehead atoms. The third-order valence-corrected chi connectivity index (χ3v) is 6.72. The Balaban J connectivity index is 1.75. The number of esters is 2. The number of nitro benzene ring substituents is 1. The summed E-state index contributed by atoms with van der Waals surface area (Å²) in [5, 5.41) is 24.5. The molecule has 46 heavy (non-hydrogen) atoms. The monoisotopic (exact) mass is 651 g/mol. The lowest BCUT2D eigenvalue weighted by molar-refractivity contribution is -0.384. The Labute approximate surface area is 263 Å². The summed E-state index contributed by atoms with van der Waals surface area (Å²) in [5.74, 6) is -5.26. The van der Waals surface area contributed by atoms with E-state index >= 15 is 0 Å². The molecule has 0 amide bonds. The van der Waals surface area contributed by atoms with Gasteiger partial charge in [0, 0.05) is 36.3 Å². The van der Waals surface area contributed by atoms with Crippen molar-refractivity contribution in [3.05, 3.63) is 75.5 Å². The van der Waals surface area contributed by atoms with Gasteiger partial charge in [0.15, 0.2) is 0 Å². The molecule has 0 saturated carbocycles. The normalized spacial score (nSPS) is 17.3. The number of aliphatic hydroxyl groups excluding tert-OH is 1. The molecule has 1 heterocycles. The molecule has 250 valence electrons. The number of ether oxygens (including phenoxy) is 4. The number of carbonyl (C=O) groups is 2. The number of nitrogens with one attached hydrogen (secondary N) is 1. The Morgan fingerprint density at radius 2 is 1.72 bits per heavy atom. The second-order valence-electron chi connectivity index (χ2n) is 10.5. The first kappa shape index (κ1) is 36.0. The molecule has 1 aliphatic rings. The first-order valence-electron chi connectivity index (χ1n) is 14.4. The molecule has 2 N–H and O–H groups in total. The molecule has 3 unspecified atom stereocenters. The number of nitro groups is 1. The molecule has 3 rings (SSSR count). The van der Waals surface area contributed by atoms with Crippen molar-refractivity contribution in [3.63, 3.8) is 0 Å². The van der Waals surface area contributed by atoms with Crippen molar-refractivity contribution in [1.82, 2.24) is 5.32 Å². The molecule has 0 saturated heterocycles. The van der Waals surface area contributed by atoms with Crippen LogP contribution in [-0.2, 0) is 19.1 Å². The number of nitrogens with zero attached hydrogens (tertiary/aromatic N) is 2. The van der Waals surface area contributed by atoms with E-state index in [2.05, 4.69) is 10.3 Å². The lowest BCUT2D eigenvalue weighted by atomic mass is 9.75. The van der Waals surface area contributed by atoms with Gasteiger partial charge in [0.25, 0.3) is 5.69 Å². The van der Waals surface area contributed by atoms with Crippen LogP contribution in [0.25, 0.3) is 0 Å². The number of hydrogen-bond acceptors (Lipinski definition) is 11. The highest BCUT2D eigenvalue weighted by molar-refractivity contribution is 6.10. The zero-order valence-corrected chi connectivity index (χ0v) is 25.7. The van der Waals surface area contributed by atoms with Crippen LogP contribution in [-0.4, -0.2) is 79.0 Å². The highest BCUT2D eigenvalue weighted by atomic mass is 19.4. The van der Waals surface area contributed by atoms with Crippen molar-refractivity contribution < 1.29 is 51.7 Å². The molecule has 0 fully saturated rings. The average Bonchev–Trinajstić information content (AvgIpc) is 3.00. The van der Waals surface area contributed by atoms with Crippen molar-refractivity contribution >= 4 is 23.3 Å². The van der Waals surface area contributed by atoms with E-state index in [1.165, 1.54) is 19.1 Å². The summed E-state index contributed by atoms with van der Waals surface area (Å²) < 4.78 is 63.8. The van der Waals surface area contributed by atoms with Crippen molar-refractivity contribution in [1.29, 1.82) is 0 Å². The molecule has 2 aromatic rings. The first-order chi connectivity index (χ1) is 21.7. The number of alkyl halides is 3. The molecule has 0 spiro atoms. The van der Waals surface area contributed by atoms with E-state index in [4.69, 9.17) is 18.9 Å². The summed E-state index contributed by atoms with van der Waals surface area (Å²) in [5.41, 5.74) is -2.79. The van der Waals surface area contributed by atoms with Crippen LogP contribution >= 0.6 is 0 Å². The summed E-state index contributed by atoms with van der Waals surface area (Å²) in [4.78, 5) is 40.6. The first-order valence-corrected chi connectivity index (χ1v) is 14.4. The van der Waals surface area contributed by atoms with Crippen molar-refractivity contribution in [3.8, 4) is 11.5 Å². The third-order valence-electron chi connectivity index (χ3n) is 6.72. The van der Waals surface area contributed by atoms with Crippen molar-refractivity contribution in [2.75, 3.05) is 33.0 Å². The predicted octanol–water partition coefficient (Wildman–Crippen LogP) is 4.51. The van der Waals surface area contributed by atoms with E-state index in [0.717, 1.165) is 19.1 Å². The molecular formula is C31H36F3N3O9. The molecule has 1 aliphatic heterocycles. The van der Waals surface area contributed by atoms with Crippen LogP contribution in [0.2, 0.25) is 0 Å². The van der Waals surface area contributed by atoms with Gasteiger partial charge >= 0.3 is 18.1 Å². The number of rotatable bonds is 15. The van der Waals surface area contributed by atoms with Crippen molar-refractivity contribution in [2.45, 2.75) is 51.9 Å². The van der Waals surface area contributed by atoms with E-state index in [1.54, 1.807) is 24.3 Å². The second kappa shape index (κ2) is 16.2. The Hall–Kier alpha value is -4.50. The number of aliphatic hydroxyl groups is 1. The van der Waals surface area contributed by atoms with Crippen LogP contribution in [0, 0.1) is 16.0 Å². The number of halogens is 3. The minimum Gasteiger partial charge on any atom is -0.491 e. The zero-order valence-electron chi connectivity index (χ0n) is 25.7. The third kappa shape index (κ3) is 9.75. The highest BCUT2D eigenvalue weighted by Crippen LogP contribution is 2.44. The number of non-ortho nitro benzene ring substituents is 1. The molecule has 0 radical (unpaired) electrons. The number of aliphatic imine (C=N–C) groups is 1. The van der Waals surface area contributed by atoms with Gasteiger partial charge in [-0.3, -0.25) is 19.9 Å². The topological polar surface area (TPSA) is 159 Å². The smallest absolute Gasteiger partial charge is 0.430 e. The fourth-order valence-electron chi connectivity index (χ4n) is 4.67. The fraction of sp³-hybridized carbons (Fsp3) is 0.452. The standard InChI is InChI=1S/C31H36F3N3O9/c1-5-43-30(40)27-26(20-7-6-8-21(15-20)37(41)42)25(19(4)36-28(27)31(32,33)34)29(39)45-14-13-44-23-9-11-24(12-10-23)46-17-22(38)16-35-18(2)3/h6-12,15,18,22,26-27,35,38H,5,13-14,16-17H2,1-4H3. The Bertz CT molecular complexity index is 1440. The van der Waals surface area contributed by atoms with Crippen molar-refractivity contribution in [2.24, 2.45) is 10.9 Å². The van der Waals surface area contributed by atoms with Gasteiger partial charge in [-0.05, 0) is 43.7 Å². The van der Waals surface area contributed by atoms with Gasteiger partial charge in [-0.1, -0.05) is 26.0 Å². The van der Waals surface area contributed by atoms with Crippen LogP contribution < -0.4 is 14.8 Å². The van der Waals surface area contributed by atoms with Crippen LogP contribution in [0.15, 0.2) is 64.8 Å². The maximum atomic E-state index is 14.1. The van der Waals surface area contributed by atoms with Gasteiger partial charge in [0.1, 0.15) is 49.1 Å². The molecule has 3 atom stereocenters. The quantitative estimate of drug-likeness (QED) is 0.121. The van der Waals surface area contributed by atoms with Crippen LogP contribution in [0.4, 0.5) is 18.9 Å². The lowest BCUT2D eigenvalue weighted by Crippen LogP contribution is -2.44. The molecular weight excluding hydrogens is 615 g/mol. The summed E-state index contributed by atoms with van der Waals surface area (Å²) >= 11 is 0. The maximum absolute atomic E-state index is 14.1. The molecule has 15 heteroatoms.